The van der Waals surface area contributed by atoms with Crippen LogP contribution in [0.5, 0.6) is 0 Å². The molecule has 0 saturated heterocycles. The van der Waals surface area contributed by atoms with Crippen molar-refractivity contribution in [3.63, 3.8) is 0 Å². The molecular formula is C16H20N2OS. The van der Waals surface area contributed by atoms with Gasteiger partial charge >= 0.3 is 0 Å². The van der Waals surface area contributed by atoms with Crippen molar-refractivity contribution >= 4 is 17.2 Å². The van der Waals surface area contributed by atoms with Crippen molar-refractivity contribution < 1.29 is 4.79 Å². The normalized spacial score (nSPS) is 17.2. The summed E-state index contributed by atoms with van der Waals surface area (Å²) in [6.45, 7) is 0. The van der Waals surface area contributed by atoms with Crippen LogP contribution in [-0.4, -0.2) is 16.5 Å². The van der Waals surface area contributed by atoms with Gasteiger partial charge < -0.3 is 9.88 Å². The van der Waals surface area contributed by atoms with E-state index in [1.807, 2.05) is 30.6 Å². The number of nitrogens with one attached hydrogen (secondary N) is 1. The molecule has 0 bridgehead atoms. The van der Waals surface area contributed by atoms with Crippen molar-refractivity contribution in [3.05, 3.63) is 46.9 Å². The van der Waals surface area contributed by atoms with Crippen LogP contribution in [-0.2, 0) is 4.79 Å². The minimum atomic E-state index is 0.117. The fraction of sp³-hybridized carbons (Fsp3) is 0.438. The van der Waals surface area contributed by atoms with Crippen molar-refractivity contribution in [2.24, 2.45) is 0 Å². The summed E-state index contributed by atoms with van der Waals surface area (Å²) in [5.41, 5.74) is 0. The first kappa shape index (κ1) is 13.4. The van der Waals surface area contributed by atoms with Crippen LogP contribution in [0.1, 0.15) is 43.0 Å². The molecule has 1 saturated carbocycles. The van der Waals surface area contributed by atoms with Crippen LogP contribution in [0.4, 0.5) is 0 Å². The average Bonchev–Trinajstić information content (AvgIpc) is 3.18. The van der Waals surface area contributed by atoms with Crippen molar-refractivity contribution in [1.82, 2.24) is 9.88 Å². The molecule has 2 aromatic rings. The third-order valence-corrected chi connectivity index (χ3v) is 4.93. The smallest absolute Gasteiger partial charge is 0.222 e. The lowest BCUT2D eigenvalue weighted by atomic mass is 10.1. The SMILES string of the molecule is O=C(CC(c1cccs1)n1cccc1)NC1CCCC1. The van der Waals surface area contributed by atoms with Gasteiger partial charge in [-0.2, -0.15) is 0 Å². The summed E-state index contributed by atoms with van der Waals surface area (Å²) in [6, 6.07) is 8.69. The van der Waals surface area contributed by atoms with Gasteiger partial charge in [-0.25, -0.2) is 0 Å². The van der Waals surface area contributed by atoms with Crippen molar-refractivity contribution in [2.45, 2.75) is 44.2 Å². The van der Waals surface area contributed by atoms with E-state index >= 15 is 0 Å². The second kappa shape index (κ2) is 6.27. The molecule has 1 amide bonds. The summed E-state index contributed by atoms with van der Waals surface area (Å²) >= 11 is 1.71. The lowest BCUT2D eigenvalue weighted by molar-refractivity contribution is -0.122. The van der Waals surface area contributed by atoms with Gasteiger partial charge in [-0.05, 0) is 36.4 Å². The predicted molar refractivity (Wildman–Crippen MR) is 81.9 cm³/mol. The van der Waals surface area contributed by atoms with Gasteiger partial charge in [0.25, 0.3) is 0 Å². The summed E-state index contributed by atoms with van der Waals surface area (Å²) in [4.78, 5) is 13.5. The second-order valence-corrected chi connectivity index (χ2v) is 6.39. The Labute approximate surface area is 123 Å². The van der Waals surface area contributed by atoms with E-state index in [4.69, 9.17) is 0 Å². The van der Waals surface area contributed by atoms with Crippen LogP contribution in [0.25, 0.3) is 0 Å². The highest BCUT2D eigenvalue weighted by Crippen LogP contribution is 2.27. The number of rotatable bonds is 5. The molecular weight excluding hydrogens is 268 g/mol. The zero-order valence-corrected chi connectivity index (χ0v) is 12.3. The standard InChI is InChI=1S/C16H20N2OS/c19-16(17-13-6-1-2-7-13)12-14(15-8-5-11-20-15)18-9-3-4-10-18/h3-5,8-11,13-14H,1-2,6-7,12H2,(H,17,19). The number of carbonyl (C=O) groups is 1. The number of aromatic nitrogens is 1. The molecule has 1 atom stereocenters. The van der Waals surface area contributed by atoms with E-state index in [0.717, 1.165) is 12.8 Å². The van der Waals surface area contributed by atoms with Crippen LogP contribution in [0, 0.1) is 0 Å². The highest BCUT2D eigenvalue weighted by molar-refractivity contribution is 7.10. The number of hydrogen-bond donors (Lipinski definition) is 1. The topological polar surface area (TPSA) is 34.0 Å². The zero-order valence-electron chi connectivity index (χ0n) is 11.5. The monoisotopic (exact) mass is 288 g/mol. The predicted octanol–water partition coefficient (Wildman–Crippen LogP) is 3.59. The number of thiophene rings is 1. The molecule has 0 aliphatic heterocycles. The summed E-state index contributed by atoms with van der Waals surface area (Å²) in [5.74, 6) is 0.170. The van der Waals surface area contributed by atoms with Crippen LogP contribution in [0.2, 0.25) is 0 Å². The highest BCUT2D eigenvalue weighted by Gasteiger charge is 2.21. The first-order chi connectivity index (χ1) is 9.83. The quantitative estimate of drug-likeness (QED) is 0.896. The molecule has 3 rings (SSSR count). The molecule has 20 heavy (non-hydrogen) atoms. The number of carbonyl (C=O) groups excluding carboxylic acids is 1. The molecule has 2 aromatic heterocycles. The Balaban J connectivity index is 1.68. The van der Waals surface area contributed by atoms with E-state index in [1.165, 1.54) is 17.7 Å². The fourth-order valence-corrected chi connectivity index (χ4v) is 3.76. The Morgan fingerprint density at radius 2 is 2.05 bits per heavy atom. The van der Waals surface area contributed by atoms with Crippen LogP contribution in [0.15, 0.2) is 42.0 Å². The third kappa shape index (κ3) is 3.12. The minimum absolute atomic E-state index is 0.117. The van der Waals surface area contributed by atoms with E-state index in [2.05, 4.69) is 21.3 Å². The molecule has 0 spiro atoms. The molecule has 1 N–H and O–H groups in total. The second-order valence-electron chi connectivity index (χ2n) is 5.41. The third-order valence-electron chi connectivity index (χ3n) is 3.96. The molecule has 3 nitrogen and oxygen atoms in total. The molecule has 4 heteroatoms. The molecule has 1 fully saturated rings. The van der Waals surface area contributed by atoms with Gasteiger partial charge in [-0.1, -0.05) is 18.9 Å². The maximum absolute atomic E-state index is 12.3. The largest absolute Gasteiger partial charge is 0.353 e. The maximum atomic E-state index is 12.3. The minimum Gasteiger partial charge on any atom is -0.353 e. The molecule has 1 aliphatic rings. The molecule has 106 valence electrons. The van der Waals surface area contributed by atoms with Crippen molar-refractivity contribution in [2.75, 3.05) is 0 Å². The van der Waals surface area contributed by atoms with E-state index in [-0.39, 0.29) is 11.9 Å². The van der Waals surface area contributed by atoms with Gasteiger partial charge in [0, 0.05) is 23.3 Å². The first-order valence-electron chi connectivity index (χ1n) is 7.28. The van der Waals surface area contributed by atoms with Gasteiger partial charge in [-0.3, -0.25) is 4.79 Å². The van der Waals surface area contributed by atoms with E-state index in [0.29, 0.717) is 12.5 Å². The summed E-state index contributed by atoms with van der Waals surface area (Å²) in [7, 11) is 0. The van der Waals surface area contributed by atoms with E-state index in [9.17, 15) is 4.79 Å². The summed E-state index contributed by atoms with van der Waals surface area (Å²) in [6.07, 6.45) is 9.36. The van der Waals surface area contributed by atoms with E-state index in [1.54, 1.807) is 11.3 Å². The van der Waals surface area contributed by atoms with Crippen molar-refractivity contribution in [3.8, 4) is 0 Å². The van der Waals surface area contributed by atoms with Gasteiger partial charge in [0.15, 0.2) is 0 Å². The summed E-state index contributed by atoms with van der Waals surface area (Å²) in [5, 5.41) is 5.26. The Hall–Kier alpha value is -1.55. The van der Waals surface area contributed by atoms with Crippen LogP contribution in [0.3, 0.4) is 0 Å². The van der Waals surface area contributed by atoms with E-state index < -0.39 is 0 Å². The van der Waals surface area contributed by atoms with Crippen molar-refractivity contribution in [1.29, 1.82) is 0 Å². The molecule has 0 radical (unpaired) electrons. The molecule has 2 heterocycles. The maximum Gasteiger partial charge on any atom is 0.222 e. The zero-order chi connectivity index (χ0) is 13.8. The fourth-order valence-electron chi connectivity index (χ4n) is 2.92. The lowest BCUT2D eigenvalue weighted by Crippen LogP contribution is -2.34. The van der Waals surface area contributed by atoms with Gasteiger partial charge in [-0.15, -0.1) is 11.3 Å². The molecule has 1 unspecified atom stereocenters. The number of hydrogen-bond acceptors (Lipinski definition) is 2. The summed E-state index contributed by atoms with van der Waals surface area (Å²) < 4.78 is 2.13. The average molecular weight is 288 g/mol. The Morgan fingerprint density at radius 1 is 1.30 bits per heavy atom. The lowest BCUT2D eigenvalue weighted by Gasteiger charge is -2.19. The Morgan fingerprint density at radius 3 is 2.70 bits per heavy atom. The highest BCUT2D eigenvalue weighted by atomic mass is 32.1. The van der Waals surface area contributed by atoms with Gasteiger partial charge in [0.1, 0.15) is 0 Å². The van der Waals surface area contributed by atoms with Gasteiger partial charge in [0.05, 0.1) is 12.5 Å². The molecule has 0 aromatic carbocycles. The number of nitrogens with zero attached hydrogens (tertiary/aromatic N) is 1. The molecule has 1 aliphatic carbocycles. The Bertz CT molecular complexity index is 493. The first-order valence-corrected chi connectivity index (χ1v) is 8.16. The Kier molecular flexibility index (Phi) is 4.21. The van der Waals surface area contributed by atoms with Crippen LogP contribution >= 0.6 is 11.3 Å². The van der Waals surface area contributed by atoms with Gasteiger partial charge in [0.2, 0.25) is 5.91 Å². The number of amides is 1. The van der Waals surface area contributed by atoms with Crippen LogP contribution < -0.4 is 5.32 Å².